The van der Waals surface area contributed by atoms with Crippen molar-refractivity contribution in [2.45, 2.75) is 26.3 Å². The van der Waals surface area contributed by atoms with Gasteiger partial charge in [-0.2, -0.15) is 4.98 Å². The SMILES string of the molecule is CC(C)N(CCOc1ccc(Oc2nc3ccccc3o2)cc1)CCC(=O)O. The Morgan fingerprint density at radius 2 is 1.82 bits per heavy atom. The lowest BCUT2D eigenvalue weighted by Crippen LogP contribution is -2.36. The Kier molecular flexibility index (Phi) is 6.49. The van der Waals surface area contributed by atoms with Gasteiger partial charge in [0.2, 0.25) is 0 Å². The largest absolute Gasteiger partial charge is 0.492 e. The van der Waals surface area contributed by atoms with Crippen molar-refractivity contribution in [2.24, 2.45) is 0 Å². The number of fused-ring (bicyclic) bond motifs is 1. The van der Waals surface area contributed by atoms with E-state index in [0.717, 1.165) is 5.52 Å². The van der Waals surface area contributed by atoms with Gasteiger partial charge in [-0.3, -0.25) is 9.69 Å². The number of nitrogens with zero attached hydrogens (tertiary/aromatic N) is 2. The maximum absolute atomic E-state index is 10.8. The normalized spacial score (nSPS) is 11.3. The number of aromatic nitrogens is 1. The number of carboxylic acids is 1. The van der Waals surface area contributed by atoms with E-state index in [4.69, 9.17) is 19.0 Å². The maximum Gasteiger partial charge on any atom is 0.400 e. The molecule has 0 bridgehead atoms. The van der Waals surface area contributed by atoms with Crippen LogP contribution in [-0.4, -0.2) is 46.7 Å². The minimum absolute atomic E-state index is 0.125. The lowest BCUT2D eigenvalue weighted by Gasteiger charge is -2.25. The average Bonchev–Trinajstić information content (AvgIpc) is 3.07. The zero-order valence-corrected chi connectivity index (χ0v) is 16.0. The van der Waals surface area contributed by atoms with Gasteiger partial charge in [0.1, 0.15) is 23.6 Å². The van der Waals surface area contributed by atoms with Crippen LogP contribution in [0.2, 0.25) is 0 Å². The van der Waals surface area contributed by atoms with Crippen LogP contribution in [0.5, 0.6) is 17.6 Å². The van der Waals surface area contributed by atoms with E-state index in [1.807, 2.05) is 50.2 Å². The molecule has 0 saturated carbocycles. The second kappa shape index (κ2) is 9.23. The van der Waals surface area contributed by atoms with Crippen molar-refractivity contribution >= 4 is 17.1 Å². The molecule has 0 unspecified atom stereocenters. The lowest BCUT2D eigenvalue weighted by atomic mass is 10.3. The fraction of sp³-hybridized carbons (Fsp3) is 0.333. The first-order valence-corrected chi connectivity index (χ1v) is 9.23. The van der Waals surface area contributed by atoms with Crippen molar-refractivity contribution in [2.75, 3.05) is 19.7 Å². The molecule has 0 fully saturated rings. The van der Waals surface area contributed by atoms with Crippen LogP contribution in [0.3, 0.4) is 0 Å². The minimum atomic E-state index is -0.791. The first kappa shape index (κ1) is 19.7. The number of hydrogen-bond acceptors (Lipinski definition) is 6. The van der Waals surface area contributed by atoms with Gasteiger partial charge in [-0.15, -0.1) is 0 Å². The third-order valence-electron chi connectivity index (χ3n) is 4.29. The molecule has 28 heavy (non-hydrogen) atoms. The Morgan fingerprint density at radius 1 is 1.11 bits per heavy atom. The van der Waals surface area contributed by atoms with Gasteiger partial charge in [-0.25, -0.2) is 0 Å². The quantitative estimate of drug-likeness (QED) is 0.561. The summed E-state index contributed by atoms with van der Waals surface area (Å²) in [5, 5.41) is 8.84. The summed E-state index contributed by atoms with van der Waals surface area (Å²) in [5.41, 5.74) is 1.42. The summed E-state index contributed by atoms with van der Waals surface area (Å²) in [4.78, 5) is 17.1. The van der Waals surface area contributed by atoms with Crippen LogP contribution in [0.25, 0.3) is 11.1 Å². The van der Waals surface area contributed by atoms with Crippen molar-refractivity contribution in [1.82, 2.24) is 9.88 Å². The molecule has 3 aromatic rings. The fourth-order valence-corrected chi connectivity index (χ4v) is 2.75. The fourth-order valence-electron chi connectivity index (χ4n) is 2.75. The number of hydrogen-bond donors (Lipinski definition) is 1. The summed E-state index contributed by atoms with van der Waals surface area (Å²) >= 11 is 0. The summed E-state index contributed by atoms with van der Waals surface area (Å²) in [6, 6.07) is 14.9. The number of benzene rings is 2. The van der Waals surface area contributed by atoms with Crippen LogP contribution in [0.1, 0.15) is 20.3 Å². The molecule has 7 nitrogen and oxygen atoms in total. The zero-order chi connectivity index (χ0) is 19.9. The number of rotatable bonds is 10. The monoisotopic (exact) mass is 384 g/mol. The molecule has 0 atom stereocenters. The molecule has 0 saturated heterocycles. The van der Waals surface area contributed by atoms with Crippen LogP contribution in [-0.2, 0) is 4.79 Å². The Hall–Kier alpha value is -3.06. The molecule has 0 aliphatic heterocycles. The van der Waals surface area contributed by atoms with Gasteiger partial charge >= 0.3 is 12.0 Å². The van der Waals surface area contributed by atoms with E-state index in [1.54, 1.807) is 12.1 Å². The first-order valence-electron chi connectivity index (χ1n) is 9.23. The highest BCUT2D eigenvalue weighted by Gasteiger charge is 2.11. The predicted molar refractivity (Wildman–Crippen MR) is 105 cm³/mol. The van der Waals surface area contributed by atoms with Crippen LogP contribution in [0.4, 0.5) is 0 Å². The molecule has 1 heterocycles. The maximum atomic E-state index is 10.8. The Morgan fingerprint density at radius 3 is 2.50 bits per heavy atom. The molecule has 0 amide bonds. The Bertz CT molecular complexity index is 872. The van der Waals surface area contributed by atoms with E-state index in [2.05, 4.69) is 9.88 Å². The Labute approximate surface area is 163 Å². The second-order valence-corrected chi connectivity index (χ2v) is 6.64. The number of oxazole rings is 1. The van der Waals surface area contributed by atoms with E-state index in [0.29, 0.717) is 36.8 Å². The summed E-state index contributed by atoms with van der Waals surface area (Å²) in [6.45, 7) is 5.73. The molecule has 2 aromatic carbocycles. The van der Waals surface area contributed by atoms with Crippen LogP contribution in [0.15, 0.2) is 52.9 Å². The van der Waals surface area contributed by atoms with Gasteiger partial charge in [0.15, 0.2) is 5.58 Å². The van der Waals surface area contributed by atoms with Crippen LogP contribution < -0.4 is 9.47 Å². The number of carboxylic acid groups (broad SMARTS) is 1. The summed E-state index contributed by atoms with van der Waals surface area (Å²) < 4.78 is 17.0. The molecule has 0 radical (unpaired) electrons. The van der Waals surface area contributed by atoms with Gasteiger partial charge in [0, 0.05) is 19.1 Å². The summed E-state index contributed by atoms with van der Waals surface area (Å²) in [7, 11) is 0. The molecule has 0 aliphatic carbocycles. The molecule has 0 spiro atoms. The van der Waals surface area contributed by atoms with E-state index < -0.39 is 5.97 Å². The second-order valence-electron chi connectivity index (χ2n) is 6.64. The number of aliphatic carboxylic acids is 1. The van der Waals surface area contributed by atoms with Crippen molar-refractivity contribution in [1.29, 1.82) is 0 Å². The first-order chi connectivity index (χ1) is 13.5. The molecule has 3 rings (SSSR count). The number of para-hydroxylation sites is 2. The lowest BCUT2D eigenvalue weighted by molar-refractivity contribution is -0.137. The van der Waals surface area contributed by atoms with Gasteiger partial charge in [-0.1, -0.05) is 12.1 Å². The molecule has 1 aromatic heterocycles. The van der Waals surface area contributed by atoms with Crippen molar-refractivity contribution in [3.8, 4) is 17.6 Å². The van der Waals surface area contributed by atoms with Gasteiger partial charge in [0.25, 0.3) is 0 Å². The molecule has 1 N–H and O–H groups in total. The molecular weight excluding hydrogens is 360 g/mol. The Balaban J connectivity index is 1.50. The minimum Gasteiger partial charge on any atom is -0.492 e. The molecule has 7 heteroatoms. The average molecular weight is 384 g/mol. The predicted octanol–water partition coefficient (Wildman–Crippen LogP) is 4.18. The van der Waals surface area contributed by atoms with Crippen molar-refractivity contribution in [3.63, 3.8) is 0 Å². The van der Waals surface area contributed by atoms with Crippen molar-refractivity contribution in [3.05, 3.63) is 48.5 Å². The zero-order valence-electron chi connectivity index (χ0n) is 16.0. The van der Waals surface area contributed by atoms with E-state index >= 15 is 0 Å². The number of carbonyl (C=O) groups is 1. The summed E-state index contributed by atoms with van der Waals surface area (Å²) in [5.74, 6) is 0.525. The van der Waals surface area contributed by atoms with Gasteiger partial charge < -0.3 is 19.0 Å². The van der Waals surface area contributed by atoms with Gasteiger partial charge in [-0.05, 0) is 50.2 Å². The van der Waals surface area contributed by atoms with Crippen LogP contribution in [0, 0.1) is 0 Å². The highest BCUT2D eigenvalue weighted by molar-refractivity contribution is 5.72. The number of ether oxygens (including phenoxy) is 2. The van der Waals surface area contributed by atoms with Crippen LogP contribution >= 0.6 is 0 Å². The summed E-state index contributed by atoms with van der Waals surface area (Å²) in [6.07, 6.45) is 0.320. The topological polar surface area (TPSA) is 85.0 Å². The van der Waals surface area contributed by atoms with E-state index in [1.165, 1.54) is 0 Å². The van der Waals surface area contributed by atoms with Crippen molar-refractivity contribution < 1.29 is 23.8 Å². The molecular formula is C21H24N2O5. The highest BCUT2D eigenvalue weighted by atomic mass is 16.6. The third-order valence-corrected chi connectivity index (χ3v) is 4.29. The molecule has 0 aliphatic rings. The molecule has 148 valence electrons. The third kappa shape index (κ3) is 5.47. The smallest absolute Gasteiger partial charge is 0.400 e. The van der Waals surface area contributed by atoms with Gasteiger partial charge in [0.05, 0.1) is 6.42 Å². The standard InChI is InChI=1S/C21H24N2O5/c1-15(2)23(12-11-20(24)25)13-14-26-16-7-9-17(10-8-16)27-21-22-18-5-3-4-6-19(18)28-21/h3-10,15H,11-14H2,1-2H3,(H,24,25). The van der Waals surface area contributed by atoms with E-state index in [-0.39, 0.29) is 18.5 Å². The van der Waals surface area contributed by atoms with E-state index in [9.17, 15) is 4.79 Å². The highest BCUT2D eigenvalue weighted by Crippen LogP contribution is 2.26.